The first-order valence-corrected chi connectivity index (χ1v) is 9.90. The van der Waals surface area contributed by atoms with Crippen molar-refractivity contribution < 1.29 is 4.79 Å². The van der Waals surface area contributed by atoms with Gasteiger partial charge >= 0.3 is 0 Å². The number of aromatic nitrogens is 2. The van der Waals surface area contributed by atoms with E-state index >= 15 is 0 Å². The maximum Gasteiger partial charge on any atom is 0.279 e. The number of hydrogen-bond acceptors (Lipinski definition) is 4. The maximum absolute atomic E-state index is 12.7. The second kappa shape index (κ2) is 6.63. The number of amides is 1. The van der Waals surface area contributed by atoms with E-state index in [9.17, 15) is 4.79 Å². The molecule has 130 valence electrons. The van der Waals surface area contributed by atoms with Crippen molar-refractivity contribution in [2.24, 2.45) is 4.99 Å². The van der Waals surface area contributed by atoms with Crippen molar-refractivity contribution in [1.29, 1.82) is 0 Å². The largest absolute Gasteiger partial charge is 0.312 e. The minimum atomic E-state index is -0.238. The Hall–Kier alpha value is -2.57. The Kier molecular flexibility index (Phi) is 4.30. The van der Waals surface area contributed by atoms with Crippen LogP contribution in [0.4, 0.5) is 0 Å². The average molecular weight is 380 g/mol. The molecule has 0 fully saturated rings. The van der Waals surface area contributed by atoms with Crippen LogP contribution >= 0.6 is 22.7 Å². The van der Waals surface area contributed by atoms with Gasteiger partial charge in [0.25, 0.3) is 5.91 Å². The number of hydrogen-bond donors (Lipinski definition) is 0. The normalized spacial score (nSPS) is 12.2. The Labute approximate surface area is 158 Å². The van der Waals surface area contributed by atoms with Gasteiger partial charge in [0.15, 0.2) is 4.80 Å². The van der Waals surface area contributed by atoms with Gasteiger partial charge in [-0.15, -0.1) is 17.9 Å². The first kappa shape index (κ1) is 16.9. The van der Waals surface area contributed by atoms with E-state index in [1.54, 1.807) is 11.6 Å². The lowest BCUT2D eigenvalue weighted by molar-refractivity contribution is 0.0998. The molecule has 2 heterocycles. The summed E-state index contributed by atoms with van der Waals surface area (Å²) in [6.45, 7) is 8.64. The van der Waals surface area contributed by atoms with Gasteiger partial charge in [0.05, 0.1) is 25.9 Å². The summed E-state index contributed by atoms with van der Waals surface area (Å²) in [6, 6.07) is 9.81. The molecule has 0 bridgehead atoms. The highest BCUT2D eigenvalue weighted by Gasteiger charge is 2.11. The topological polar surface area (TPSA) is 47.2 Å². The van der Waals surface area contributed by atoms with Crippen LogP contribution in [0.15, 0.2) is 53.5 Å². The van der Waals surface area contributed by atoms with Crippen LogP contribution in [0, 0.1) is 13.8 Å². The second-order valence-electron chi connectivity index (χ2n) is 6.14. The molecule has 0 atom stereocenters. The Morgan fingerprint density at radius 1 is 1.23 bits per heavy atom. The molecule has 0 radical (unpaired) electrons. The third-order valence-electron chi connectivity index (χ3n) is 4.39. The van der Waals surface area contributed by atoms with Crippen LogP contribution in [0.5, 0.6) is 0 Å². The minimum absolute atomic E-state index is 0.238. The van der Waals surface area contributed by atoms with Crippen molar-refractivity contribution in [3.63, 3.8) is 0 Å². The average Bonchev–Trinajstić information content (AvgIpc) is 3.21. The molecule has 2 aromatic carbocycles. The summed E-state index contributed by atoms with van der Waals surface area (Å²) in [6.07, 6.45) is 1.83. The van der Waals surface area contributed by atoms with E-state index in [2.05, 4.69) is 42.5 Å². The zero-order chi connectivity index (χ0) is 18.3. The molecule has 0 aliphatic carbocycles. The fourth-order valence-corrected chi connectivity index (χ4v) is 4.69. The van der Waals surface area contributed by atoms with Gasteiger partial charge in [0.1, 0.15) is 0 Å². The molecule has 4 rings (SSSR count). The number of carbonyl (C=O) groups excluding carboxylic acids is 1. The predicted molar refractivity (Wildman–Crippen MR) is 109 cm³/mol. The lowest BCUT2D eigenvalue weighted by Gasteiger charge is -2.04. The number of nitrogens with zero attached hydrogens (tertiary/aromatic N) is 3. The Morgan fingerprint density at radius 2 is 2.04 bits per heavy atom. The first-order valence-electron chi connectivity index (χ1n) is 8.20. The molecular weight excluding hydrogens is 362 g/mol. The monoisotopic (exact) mass is 379 g/mol. The third kappa shape index (κ3) is 2.91. The molecule has 0 unspecified atom stereocenters. The van der Waals surface area contributed by atoms with Crippen molar-refractivity contribution in [2.45, 2.75) is 20.4 Å². The van der Waals surface area contributed by atoms with Crippen LogP contribution in [0.25, 0.3) is 20.4 Å². The van der Waals surface area contributed by atoms with Gasteiger partial charge in [-0.05, 0) is 55.3 Å². The minimum Gasteiger partial charge on any atom is -0.312 e. The standard InChI is InChI=1S/C20H17N3OS2/c1-4-7-23-16-8-12(2)13(3)9-18(16)26-20(23)22-19(24)14-5-6-15-17(10-14)25-11-21-15/h4-6,8-11H,1,7H2,2-3H3. The van der Waals surface area contributed by atoms with Gasteiger partial charge in [-0.3, -0.25) is 4.79 Å². The summed E-state index contributed by atoms with van der Waals surface area (Å²) < 4.78 is 4.16. The molecule has 1 amide bonds. The molecule has 0 aliphatic rings. The molecule has 0 saturated heterocycles. The highest BCUT2D eigenvalue weighted by atomic mass is 32.1. The molecule has 26 heavy (non-hydrogen) atoms. The molecule has 0 N–H and O–H groups in total. The first-order chi connectivity index (χ1) is 12.6. The summed E-state index contributed by atoms with van der Waals surface area (Å²) in [5.41, 5.74) is 6.81. The zero-order valence-electron chi connectivity index (χ0n) is 14.5. The number of aryl methyl sites for hydroxylation is 2. The van der Waals surface area contributed by atoms with E-state index in [0.29, 0.717) is 16.9 Å². The third-order valence-corrected chi connectivity index (χ3v) is 6.22. The van der Waals surface area contributed by atoms with Gasteiger partial charge < -0.3 is 4.57 Å². The molecule has 0 aliphatic heterocycles. The van der Waals surface area contributed by atoms with Gasteiger partial charge in [-0.2, -0.15) is 4.99 Å². The van der Waals surface area contributed by atoms with Crippen molar-refractivity contribution >= 4 is 49.0 Å². The number of rotatable bonds is 3. The van der Waals surface area contributed by atoms with E-state index in [1.165, 1.54) is 33.8 Å². The highest BCUT2D eigenvalue weighted by Crippen LogP contribution is 2.23. The van der Waals surface area contributed by atoms with Gasteiger partial charge in [0, 0.05) is 12.1 Å². The summed E-state index contributed by atoms with van der Waals surface area (Å²) in [4.78, 5) is 22.1. The summed E-state index contributed by atoms with van der Waals surface area (Å²) in [5.74, 6) is -0.238. The van der Waals surface area contributed by atoms with Crippen LogP contribution in [-0.2, 0) is 6.54 Å². The van der Waals surface area contributed by atoms with Crippen molar-refractivity contribution in [1.82, 2.24) is 9.55 Å². The molecule has 0 spiro atoms. The molecular formula is C20H17N3OS2. The van der Waals surface area contributed by atoms with E-state index in [1.807, 2.05) is 22.8 Å². The smallest absolute Gasteiger partial charge is 0.279 e. The van der Waals surface area contributed by atoms with Crippen molar-refractivity contribution in [2.75, 3.05) is 0 Å². The fraction of sp³-hybridized carbons (Fsp3) is 0.150. The van der Waals surface area contributed by atoms with Gasteiger partial charge in [-0.1, -0.05) is 17.4 Å². The second-order valence-corrected chi connectivity index (χ2v) is 8.04. The molecule has 0 saturated carbocycles. The van der Waals surface area contributed by atoms with E-state index in [-0.39, 0.29) is 5.91 Å². The number of benzene rings is 2. The Balaban J connectivity index is 1.87. The molecule has 2 aromatic heterocycles. The fourth-order valence-electron chi connectivity index (χ4n) is 2.85. The summed E-state index contributed by atoms with van der Waals surface area (Å²) in [5, 5.41) is 0. The van der Waals surface area contributed by atoms with Crippen molar-refractivity contribution in [3.05, 3.63) is 70.0 Å². The Morgan fingerprint density at radius 3 is 2.85 bits per heavy atom. The summed E-state index contributed by atoms with van der Waals surface area (Å²) in [7, 11) is 0. The number of fused-ring (bicyclic) bond motifs is 2. The van der Waals surface area contributed by atoms with E-state index < -0.39 is 0 Å². The maximum atomic E-state index is 12.7. The van der Waals surface area contributed by atoms with Gasteiger partial charge in [-0.25, -0.2) is 4.98 Å². The van der Waals surface area contributed by atoms with Crippen LogP contribution in [-0.4, -0.2) is 15.5 Å². The van der Waals surface area contributed by atoms with Gasteiger partial charge in [0.2, 0.25) is 0 Å². The summed E-state index contributed by atoms with van der Waals surface area (Å²) >= 11 is 3.06. The van der Waals surface area contributed by atoms with Crippen LogP contribution in [0.2, 0.25) is 0 Å². The van der Waals surface area contributed by atoms with E-state index in [0.717, 1.165) is 20.4 Å². The zero-order valence-corrected chi connectivity index (χ0v) is 16.2. The van der Waals surface area contributed by atoms with Crippen LogP contribution in [0.3, 0.4) is 0 Å². The quantitative estimate of drug-likeness (QED) is 0.477. The van der Waals surface area contributed by atoms with Crippen LogP contribution in [0.1, 0.15) is 21.5 Å². The predicted octanol–water partition coefficient (Wildman–Crippen LogP) is 4.86. The molecule has 4 aromatic rings. The Bertz CT molecular complexity index is 1230. The number of allylic oxidation sites excluding steroid dienone is 1. The molecule has 6 heteroatoms. The lowest BCUT2D eigenvalue weighted by atomic mass is 10.1. The number of thiazole rings is 2. The van der Waals surface area contributed by atoms with E-state index in [4.69, 9.17) is 0 Å². The lowest BCUT2D eigenvalue weighted by Crippen LogP contribution is -2.16. The number of carbonyl (C=O) groups is 1. The molecule has 4 nitrogen and oxygen atoms in total. The van der Waals surface area contributed by atoms with Crippen LogP contribution < -0.4 is 4.80 Å². The van der Waals surface area contributed by atoms with Crippen molar-refractivity contribution in [3.8, 4) is 0 Å². The highest BCUT2D eigenvalue weighted by molar-refractivity contribution is 7.17. The SMILES string of the molecule is C=CCn1c(=NC(=O)c2ccc3ncsc3c2)sc2cc(C)c(C)cc21.